The van der Waals surface area contributed by atoms with E-state index in [9.17, 15) is 4.79 Å². The summed E-state index contributed by atoms with van der Waals surface area (Å²) in [4.78, 5) is 12.4. The van der Waals surface area contributed by atoms with E-state index in [0.29, 0.717) is 22.7 Å². The molecule has 0 spiro atoms. The van der Waals surface area contributed by atoms with Gasteiger partial charge >= 0.3 is 0 Å². The Balaban J connectivity index is 1.31. The number of nitrogens with zero attached hydrogens (tertiary/aromatic N) is 1. The Morgan fingerprint density at radius 1 is 0.906 bits per heavy atom. The Morgan fingerprint density at radius 3 is 2.62 bits per heavy atom. The Morgan fingerprint density at radius 2 is 1.78 bits per heavy atom. The second-order valence-electron chi connectivity index (χ2n) is 7.12. The molecule has 0 bridgehead atoms. The van der Waals surface area contributed by atoms with Gasteiger partial charge in [0.15, 0.2) is 0 Å². The van der Waals surface area contributed by atoms with Crippen LogP contribution in [0.3, 0.4) is 0 Å². The van der Waals surface area contributed by atoms with Crippen molar-refractivity contribution in [2.75, 3.05) is 5.32 Å². The van der Waals surface area contributed by atoms with E-state index in [2.05, 4.69) is 15.5 Å². The number of anilines is 1. The predicted molar refractivity (Wildman–Crippen MR) is 125 cm³/mol. The molecule has 1 amide bonds. The van der Waals surface area contributed by atoms with Gasteiger partial charge in [0, 0.05) is 28.8 Å². The summed E-state index contributed by atoms with van der Waals surface area (Å²) in [7, 11) is 0. The zero-order valence-electron chi connectivity index (χ0n) is 17.0. The van der Waals surface area contributed by atoms with Gasteiger partial charge in [0.2, 0.25) is 0 Å². The molecule has 0 aliphatic carbocycles. The topological polar surface area (TPSA) is 80.2 Å². The number of rotatable bonds is 6. The normalized spacial score (nSPS) is 11.1. The summed E-state index contributed by atoms with van der Waals surface area (Å²) in [5.74, 6) is 1.87. The van der Waals surface area contributed by atoms with Gasteiger partial charge in [-0.15, -0.1) is 0 Å². The van der Waals surface area contributed by atoms with E-state index in [1.165, 1.54) is 0 Å². The zero-order valence-corrected chi connectivity index (χ0v) is 17.0. The second-order valence-corrected chi connectivity index (χ2v) is 7.12. The lowest BCUT2D eigenvalue weighted by Crippen LogP contribution is -2.11. The van der Waals surface area contributed by atoms with Crippen molar-refractivity contribution in [2.24, 2.45) is 0 Å². The highest BCUT2D eigenvalue weighted by molar-refractivity contribution is 6.04. The smallest absolute Gasteiger partial charge is 0.255 e. The minimum absolute atomic E-state index is 0.170. The number of H-pyrrole nitrogens is 1. The maximum absolute atomic E-state index is 12.4. The second kappa shape index (κ2) is 8.65. The van der Waals surface area contributed by atoms with Crippen LogP contribution in [0.25, 0.3) is 23.1 Å². The van der Waals surface area contributed by atoms with Crippen molar-refractivity contribution >= 4 is 34.6 Å². The van der Waals surface area contributed by atoms with Crippen LogP contribution in [0.1, 0.15) is 21.8 Å². The van der Waals surface area contributed by atoms with Crippen molar-refractivity contribution in [3.63, 3.8) is 0 Å². The van der Waals surface area contributed by atoms with E-state index in [4.69, 9.17) is 9.15 Å². The number of aromatic amines is 1. The van der Waals surface area contributed by atoms with Gasteiger partial charge < -0.3 is 14.5 Å². The lowest BCUT2D eigenvalue weighted by molar-refractivity contribution is 0.102. The lowest BCUT2D eigenvalue weighted by atomic mass is 10.2. The summed E-state index contributed by atoms with van der Waals surface area (Å²) >= 11 is 0. The van der Waals surface area contributed by atoms with Crippen molar-refractivity contribution in [1.82, 2.24) is 10.2 Å². The van der Waals surface area contributed by atoms with Crippen molar-refractivity contribution in [3.05, 3.63) is 108 Å². The number of benzene rings is 3. The standard InChI is InChI=1S/C26H19N3O3/c30-26(18-6-2-1-3-7-18)27-19-8-4-9-21(16-19)32-22-11-13-23-24(28-29-25(23)17-22)14-12-20-10-5-15-31-20/h1-17H,(H,27,30)(H,28,29). The van der Waals surface area contributed by atoms with Gasteiger partial charge in [0.25, 0.3) is 5.91 Å². The van der Waals surface area contributed by atoms with Gasteiger partial charge in [-0.2, -0.15) is 5.10 Å². The summed E-state index contributed by atoms with van der Waals surface area (Å²) in [6.45, 7) is 0. The van der Waals surface area contributed by atoms with Gasteiger partial charge in [-0.25, -0.2) is 0 Å². The van der Waals surface area contributed by atoms with Crippen LogP contribution in [0.5, 0.6) is 11.5 Å². The average molecular weight is 421 g/mol. The Kier molecular flexibility index (Phi) is 5.24. The summed E-state index contributed by atoms with van der Waals surface area (Å²) in [5, 5.41) is 11.3. The quantitative estimate of drug-likeness (QED) is 0.334. The molecule has 2 heterocycles. The SMILES string of the molecule is O=C(Nc1cccc(Oc2ccc3c(C=Cc4ccco4)n[nH]c3c2)c1)c1ccccc1. The van der Waals surface area contributed by atoms with E-state index in [1.807, 2.05) is 78.9 Å². The number of aromatic nitrogens is 2. The van der Waals surface area contributed by atoms with Crippen LogP contribution in [0.4, 0.5) is 5.69 Å². The third-order valence-electron chi connectivity index (χ3n) is 4.88. The fourth-order valence-electron chi connectivity index (χ4n) is 3.32. The van der Waals surface area contributed by atoms with Gasteiger partial charge in [-0.1, -0.05) is 24.3 Å². The van der Waals surface area contributed by atoms with Crippen LogP contribution >= 0.6 is 0 Å². The van der Waals surface area contributed by atoms with Crippen LogP contribution in [-0.4, -0.2) is 16.1 Å². The number of amides is 1. The number of furan rings is 1. The third-order valence-corrected chi connectivity index (χ3v) is 4.88. The van der Waals surface area contributed by atoms with Crippen molar-refractivity contribution in [1.29, 1.82) is 0 Å². The molecule has 0 fully saturated rings. The van der Waals surface area contributed by atoms with E-state index in [0.717, 1.165) is 22.4 Å². The number of carbonyl (C=O) groups excluding carboxylic acids is 1. The van der Waals surface area contributed by atoms with Gasteiger partial charge in [0.05, 0.1) is 17.5 Å². The molecule has 3 aromatic carbocycles. The molecule has 6 nitrogen and oxygen atoms in total. The largest absolute Gasteiger partial charge is 0.465 e. The molecule has 0 saturated carbocycles. The molecule has 5 aromatic rings. The summed E-state index contributed by atoms with van der Waals surface area (Å²) in [6, 6.07) is 25.8. The van der Waals surface area contributed by atoms with E-state index in [1.54, 1.807) is 24.5 Å². The number of nitrogens with one attached hydrogen (secondary N) is 2. The van der Waals surface area contributed by atoms with Crippen molar-refractivity contribution in [2.45, 2.75) is 0 Å². The van der Waals surface area contributed by atoms with Crippen LogP contribution in [0.2, 0.25) is 0 Å². The molecule has 5 rings (SSSR count). The molecule has 2 aromatic heterocycles. The molecular weight excluding hydrogens is 402 g/mol. The van der Waals surface area contributed by atoms with Crippen LogP contribution in [0.15, 0.2) is 95.6 Å². The van der Waals surface area contributed by atoms with Crippen LogP contribution in [0, 0.1) is 0 Å². The number of hydrogen-bond acceptors (Lipinski definition) is 4. The average Bonchev–Trinajstić information content (AvgIpc) is 3.48. The summed E-state index contributed by atoms with van der Waals surface area (Å²) in [6.07, 6.45) is 5.40. The van der Waals surface area contributed by atoms with Gasteiger partial charge in [-0.3, -0.25) is 9.89 Å². The first-order valence-corrected chi connectivity index (χ1v) is 10.1. The van der Waals surface area contributed by atoms with E-state index < -0.39 is 0 Å². The maximum Gasteiger partial charge on any atom is 0.255 e. The van der Waals surface area contributed by atoms with Crippen molar-refractivity contribution < 1.29 is 13.9 Å². The minimum atomic E-state index is -0.170. The fourth-order valence-corrected chi connectivity index (χ4v) is 3.32. The number of hydrogen-bond donors (Lipinski definition) is 2. The molecule has 156 valence electrons. The summed E-state index contributed by atoms with van der Waals surface area (Å²) < 4.78 is 11.3. The first-order chi connectivity index (χ1) is 15.7. The number of carbonyl (C=O) groups is 1. The van der Waals surface area contributed by atoms with Gasteiger partial charge in [-0.05, 0) is 60.7 Å². The lowest BCUT2D eigenvalue weighted by Gasteiger charge is -2.09. The highest BCUT2D eigenvalue weighted by Crippen LogP contribution is 2.28. The van der Waals surface area contributed by atoms with Crippen LogP contribution < -0.4 is 10.1 Å². The minimum Gasteiger partial charge on any atom is -0.465 e. The molecule has 32 heavy (non-hydrogen) atoms. The molecule has 0 atom stereocenters. The Bertz CT molecular complexity index is 1390. The predicted octanol–water partition coefficient (Wildman–Crippen LogP) is 6.37. The first kappa shape index (κ1) is 19.4. The molecular formula is C26H19N3O3. The molecule has 0 aliphatic rings. The Labute approximate surface area is 184 Å². The zero-order chi connectivity index (χ0) is 21.8. The van der Waals surface area contributed by atoms with Crippen molar-refractivity contribution in [3.8, 4) is 11.5 Å². The maximum atomic E-state index is 12.4. The Hall–Kier alpha value is -4.58. The molecule has 0 saturated heterocycles. The fraction of sp³-hybridized carbons (Fsp3) is 0. The van der Waals surface area contributed by atoms with E-state index in [-0.39, 0.29) is 5.91 Å². The molecule has 0 aliphatic heterocycles. The monoisotopic (exact) mass is 421 g/mol. The van der Waals surface area contributed by atoms with Gasteiger partial charge in [0.1, 0.15) is 17.3 Å². The van der Waals surface area contributed by atoms with E-state index >= 15 is 0 Å². The summed E-state index contributed by atoms with van der Waals surface area (Å²) in [5.41, 5.74) is 2.92. The number of ether oxygens (including phenoxy) is 1. The number of fused-ring (bicyclic) bond motifs is 1. The molecule has 6 heteroatoms. The highest BCUT2D eigenvalue weighted by atomic mass is 16.5. The third kappa shape index (κ3) is 4.29. The molecule has 0 radical (unpaired) electrons. The highest BCUT2D eigenvalue weighted by Gasteiger charge is 2.08. The van der Waals surface area contributed by atoms with Crippen LogP contribution in [-0.2, 0) is 0 Å². The molecule has 0 unspecified atom stereocenters. The first-order valence-electron chi connectivity index (χ1n) is 10.1. The molecule has 2 N–H and O–H groups in total.